The highest BCUT2D eigenvalue weighted by atomic mass is 127. The van der Waals surface area contributed by atoms with Crippen molar-refractivity contribution in [3.8, 4) is 11.3 Å². The summed E-state index contributed by atoms with van der Waals surface area (Å²) in [6.07, 6.45) is 1.41. The van der Waals surface area contributed by atoms with Gasteiger partial charge in [-0.15, -0.1) is 0 Å². The van der Waals surface area contributed by atoms with Gasteiger partial charge in [0.05, 0.1) is 10.7 Å². The highest BCUT2D eigenvalue weighted by molar-refractivity contribution is 14.1. The van der Waals surface area contributed by atoms with E-state index in [0.29, 0.717) is 14.3 Å². The van der Waals surface area contributed by atoms with Crippen molar-refractivity contribution in [2.75, 3.05) is 0 Å². The molecule has 2 aromatic rings. The second-order valence-electron chi connectivity index (χ2n) is 3.09. The van der Waals surface area contributed by atoms with Crippen molar-refractivity contribution in [3.05, 3.63) is 50.7 Å². The van der Waals surface area contributed by atoms with Gasteiger partial charge in [0, 0.05) is 15.3 Å². The Labute approximate surface area is 110 Å². The van der Waals surface area contributed by atoms with Crippen LogP contribution in [0.5, 0.6) is 0 Å². The van der Waals surface area contributed by atoms with Crippen LogP contribution in [0.25, 0.3) is 11.3 Å². The van der Waals surface area contributed by atoms with Crippen molar-refractivity contribution in [3.63, 3.8) is 0 Å². The third-order valence-corrected chi connectivity index (χ3v) is 3.04. The van der Waals surface area contributed by atoms with Gasteiger partial charge in [-0.3, -0.25) is 4.98 Å². The molecule has 0 atom stereocenters. The number of aromatic nitrogens is 1. The molecule has 2 rings (SSSR count). The molecular weight excluding hydrogens is 346 g/mol. The number of pyridine rings is 1. The fourth-order valence-electron chi connectivity index (χ4n) is 1.30. The van der Waals surface area contributed by atoms with Crippen LogP contribution in [0.1, 0.15) is 0 Å². The van der Waals surface area contributed by atoms with E-state index < -0.39 is 11.6 Å². The van der Waals surface area contributed by atoms with E-state index in [2.05, 4.69) is 4.98 Å². The molecule has 1 aromatic carbocycles. The third-order valence-electron chi connectivity index (χ3n) is 2.01. The van der Waals surface area contributed by atoms with Crippen LogP contribution >= 0.6 is 34.2 Å². The predicted octanol–water partition coefficient (Wildman–Crippen LogP) is 4.28. The molecule has 1 nitrogen and oxygen atoms in total. The molecule has 0 fully saturated rings. The summed E-state index contributed by atoms with van der Waals surface area (Å²) in [7, 11) is 0. The van der Waals surface area contributed by atoms with Crippen LogP contribution in [0.3, 0.4) is 0 Å². The normalized spacial score (nSPS) is 10.5. The van der Waals surface area contributed by atoms with E-state index in [0.717, 1.165) is 6.07 Å². The van der Waals surface area contributed by atoms with Gasteiger partial charge in [-0.2, -0.15) is 0 Å². The second kappa shape index (κ2) is 4.63. The highest BCUT2D eigenvalue weighted by Crippen LogP contribution is 2.28. The van der Waals surface area contributed by atoms with Gasteiger partial charge in [-0.05, 0) is 40.8 Å². The summed E-state index contributed by atoms with van der Waals surface area (Å²) in [5.74, 6) is -1.78. The Morgan fingerprint density at radius 1 is 1.25 bits per heavy atom. The first kappa shape index (κ1) is 11.7. The zero-order valence-electron chi connectivity index (χ0n) is 7.85. The molecule has 1 heterocycles. The highest BCUT2D eigenvalue weighted by Gasteiger charge is 2.13. The van der Waals surface area contributed by atoms with Crippen LogP contribution in [0, 0.1) is 15.2 Å². The van der Waals surface area contributed by atoms with Crippen LogP contribution in [0.4, 0.5) is 8.78 Å². The lowest BCUT2D eigenvalue weighted by Gasteiger charge is -2.05. The lowest BCUT2D eigenvalue weighted by atomic mass is 10.1. The van der Waals surface area contributed by atoms with Crippen LogP contribution in [0.2, 0.25) is 5.02 Å². The predicted molar refractivity (Wildman–Crippen MR) is 67.3 cm³/mol. The monoisotopic (exact) mass is 351 g/mol. The minimum atomic E-state index is -0.893. The molecule has 0 unspecified atom stereocenters. The maximum Gasteiger partial charge on any atom is 0.168 e. The van der Waals surface area contributed by atoms with Gasteiger partial charge in [0.15, 0.2) is 11.6 Å². The van der Waals surface area contributed by atoms with Crippen molar-refractivity contribution in [1.29, 1.82) is 0 Å². The van der Waals surface area contributed by atoms with E-state index in [1.807, 2.05) is 22.6 Å². The van der Waals surface area contributed by atoms with Gasteiger partial charge < -0.3 is 0 Å². The maximum absolute atomic E-state index is 13.5. The van der Waals surface area contributed by atoms with Crippen molar-refractivity contribution >= 4 is 34.2 Å². The Morgan fingerprint density at radius 2 is 2.00 bits per heavy atom. The average Bonchev–Trinajstić information content (AvgIpc) is 2.23. The Balaban J connectivity index is 2.63. The zero-order valence-corrected chi connectivity index (χ0v) is 10.8. The average molecular weight is 352 g/mol. The molecular formula is C11H5ClF2IN. The Bertz CT molecular complexity index is 546. The van der Waals surface area contributed by atoms with Gasteiger partial charge in [0.1, 0.15) is 0 Å². The maximum atomic E-state index is 13.5. The van der Waals surface area contributed by atoms with E-state index in [9.17, 15) is 8.78 Å². The number of hydrogen-bond acceptors (Lipinski definition) is 1. The summed E-state index contributed by atoms with van der Waals surface area (Å²) in [5.41, 5.74) is 0.531. The zero-order chi connectivity index (χ0) is 11.7. The first-order valence-electron chi connectivity index (χ1n) is 4.35. The number of hydrogen-bond donors (Lipinski definition) is 0. The molecule has 0 bridgehead atoms. The molecule has 0 aliphatic heterocycles. The second-order valence-corrected chi connectivity index (χ2v) is 4.68. The standard InChI is InChI=1S/C11H5ClF2IN/c12-6-4-9(15)11(16-5-6)7-2-1-3-8(13)10(7)14/h1-5H. The molecule has 0 amide bonds. The Morgan fingerprint density at radius 3 is 2.69 bits per heavy atom. The largest absolute Gasteiger partial charge is 0.253 e. The fourth-order valence-corrected chi connectivity index (χ4v) is 2.41. The van der Waals surface area contributed by atoms with Crippen LogP contribution in [0.15, 0.2) is 30.5 Å². The fraction of sp³-hybridized carbons (Fsp3) is 0. The lowest BCUT2D eigenvalue weighted by molar-refractivity contribution is 0.511. The van der Waals surface area contributed by atoms with Gasteiger partial charge in [-0.25, -0.2) is 8.78 Å². The van der Waals surface area contributed by atoms with E-state index in [1.54, 1.807) is 6.07 Å². The van der Waals surface area contributed by atoms with E-state index in [-0.39, 0.29) is 5.56 Å². The Hall–Kier alpha value is -0.750. The van der Waals surface area contributed by atoms with Gasteiger partial charge in [0.25, 0.3) is 0 Å². The molecule has 0 spiro atoms. The molecule has 16 heavy (non-hydrogen) atoms. The van der Waals surface area contributed by atoms with Crippen LogP contribution in [-0.4, -0.2) is 4.98 Å². The molecule has 0 aliphatic rings. The molecule has 0 N–H and O–H groups in total. The minimum Gasteiger partial charge on any atom is -0.253 e. The Kier molecular flexibility index (Phi) is 3.39. The van der Waals surface area contributed by atoms with Crippen LogP contribution < -0.4 is 0 Å². The van der Waals surface area contributed by atoms with Crippen molar-refractivity contribution in [2.24, 2.45) is 0 Å². The van der Waals surface area contributed by atoms with E-state index in [4.69, 9.17) is 11.6 Å². The minimum absolute atomic E-state index is 0.140. The summed E-state index contributed by atoms with van der Waals surface area (Å²) in [5, 5.41) is 0.463. The molecule has 82 valence electrons. The van der Waals surface area contributed by atoms with Crippen molar-refractivity contribution in [2.45, 2.75) is 0 Å². The SMILES string of the molecule is Fc1cccc(-c2ncc(Cl)cc2I)c1F. The summed E-state index contributed by atoms with van der Waals surface area (Å²) < 4.78 is 27.2. The number of nitrogens with zero attached hydrogens (tertiary/aromatic N) is 1. The quantitative estimate of drug-likeness (QED) is 0.699. The van der Waals surface area contributed by atoms with E-state index in [1.165, 1.54) is 18.3 Å². The number of halogens is 4. The van der Waals surface area contributed by atoms with Gasteiger partial charge in [0.2, 0.25) is 0 Å². The first-order valence-corrected chi connectivity index (χ1v) is 5.80. The third kappa shape index (κ3) is 2.17. The molecule has 0 radical (unpaired) electrons. The summed E-state index contributed by atoms with van der Waals surface area (Å²) in [4.78, 5) is 4.00. The summed E-state index contributed by atoms with van der Waals surface area (Å²) in [6.45, 7) is 0. The number of rotatable bonds is 1. The first-order chi connectivity index (χ1) is 7.59. The van der Waals surface area contributed by atoms with Crippen molar-refractivity contribution in [1.82, 2.24) is 4.98 Å². The summed E-state index contributed by atoms with van der Waals surface area (Å²) in [6, 6.07) is 5.65. The molecule has 0 saturated carbocycles. The smallest absolute Gasteiger partial charge is 0.168 e. The number of benzene rings is 1. The molecule has 5 heteroatoms. The van der Waals surface area contributed by atoms with Gasteiger partial charge in [-0.1, -0.05) is 17.7 Å². The topological polar surface area (TPSA) is 12.9 Å². The van der Waals surface area contributed by atoms with Crippen molar-refractivity contribution < 1.29 is 8.78 Å². The molecule has 1 aromatic heterocycles. The molecule has 0 saturated heterocycles. The van der Waals surface area contributed by atoms with Crippen LogP contribution in [-0.2, 0) is 0 Å². The van der Waals surface area contributed by atoms with E-state index >= 15 is 0 Å². The van der Waals surface area contributed by atoms with Gasteiger partial charge >= 0.3 is 0 Å². The summed E-state index contributed by atoms with van der Waals surface area (Å²) >= 11 is 7.72. The lowest BCUT2D eigenvalue weighted by Crippen LogP contribution is -1.94. The molecule has 0 aliphatic carbocycles.